The minimum atomic E-state index is 0.542. The number of benzene rings is 9. The summed E-state index contributed by atoms with van der Waals surface area (Å²) in [5.74, 6) is 1.66. The first-order chi connectivity index (χ1) is 30.5. The lowest BCUT2D eigenvalue weighted by molar-refractivity contribution is 0.669. The molecule has 0 bridgehead atoms. The third-order valence-electron chi connectivity index (χ3n) is 11.6. The van der Waals surface area contributed by atoms with Crippen molar-refractivity contribution in [2.24, 2.45) is 0 Å². The molecule has 0 N–H and O–H groups in total. The van der Waals surface area contributed by atoms with Gasteiger partial charge >= 0.3 is 0 Å². The van der Waals surface area contributed by atoms with E-state index in [2.05, 4.69) is 153 Å². The standard InChI is InChI=1S/C57H36N4O/c1-36-15-17-39(18-16-36)40-19-21-42(22-20-40)46-11-5-12-48(33-46)56-59-55(43-26-23-41(24-27-43)44-10-4-7-37(31-44)35-58)60-57(61-56)49-29-30-51-53(34-49)62-52-14-6-13-50(54(51)52)47-28-25-38-8-2-3-9-45(38)32-47/h2-34H,1H3. The maximum atomic E-state index is 9.49. The molecule has 290 valence electrons. The average Bonchev–Trinajstić information content (AvgIpc) is 3.72. The quantitative estimate of drug-likeness (QED) is 0.161. The van der Waals surface area contributed by atoms with E-state index < -0.39 is 0 Å². The highest BCUT2D eigenvalue weighted by Crippen LogP contribution is 2.39. The molecular formula is C57H36N4O. The van der Waals surface area contributed by atoms with E-state index in [9.17, 15) is 5.26 Å². The van der Waals surface area contributed by atoms with Gasteiger partial charge in [0.15, 0.2) is 17.5 Å². The first kappa shape index (κ1) is 36.6. The van der Waals surface area contributed by atoms with E-state index in [1.54, 1.807) is 0 Å². The van der Waals surface area contributed by atoms with E-state index in [-0.39, 0.29) is 0 Å². The molecule has 11 aromatic rings. The van der Waals surface area contributed by atoms with Gasteiger partial charge in [0.2, 0.25) is 0 Å². The molecular weight excluding hydrogens is 757 g/mol. The minimum Gasteiger partial charge on any atom is -0.456 e. The van der Waals surface area contributed by atoms with Gasteiger partial charge in [-0.15, -0.1) is 0 Å². The fraction of sp³-hybridized carbons (Fsp3) is 0.0175. The summed E-state index contributed by atoms with van der Waals surface area (Å²) in [6.07, 6.45) is 0. The molecule has 0 saturated heterocycles. The monoisotopic (exact) mass is 792 g/mol. The Hall–Kier alpha value is -8.46. The third kappa shape index (κ3) is 6.86. The zero-order chi connectivity index (χ0) is 41.6. The van der Waals surface area contributed by atoms with E-state index in [4.69, 9.17) is 19.4 Å². The molecule has 2 heterocycles. The van der Waals surface area contributed by atoms with Gasteiger partial charge in [-0.1, -0.05) is 163 Å². The van der Waals surface area contributed by atoms with E-state index in [1.165, 1.54) is 27.5 Å². The first-order valence-corrected chi connectivity index (χ1v) is 20.6. The molecule has 0 saturated carbocycles. The van der Waals surface area contributed by atoms with E-state index in [0.717, 1.165) is 72.0 Å². The normalized spacial score (nSPS) is 11.3. The molecule has 0 aliphatic heterocycles. The molecule has 0 fully saturated rings. The minimum absolute atomic E-state index is 0.542. The smallest absolute Gasteiger partial charge is 0.164 e. The van der Waals surface area contributed by atoms with Crippen LogP contribution in [0.15, 0.2) is 205 Å². The molecule has 0 aliphatic rings. The van der Waals surface area contributed by atoms with Crippen LogP contribution in [0, 0.1) is 18.3 Å². The first-order valence-electron chi connectivity index (χ1n) is 20.6. The van der Waals surface area contributed by atoms with Crippen LogP contribution >= 0.6 is 0 Å². The van der Waals surface area contributed by atoms with Crippen molar-refractivity contribution in [1.82, 2.24) is 15.0 Å². The number of hydrogen-bond acceptors (Lipinski definition) is 5. The zero-order valence-corrected chi connectivity index (χ0v) is 33.7. The summed E-state index contributed by atoms with van der Waals surface area (Å²) in [5, 5.41) is 14.0. The Bertz CT molecular complexity index is 3520. The molecule has 0 unspecified atom stereocenters. The predicted molar refractivity (Wildman–Crippen MR) is 252 cm³/mol. The van der Waals surface area contributed by atoms with Crippen LogP contribution in [0.1, 0.15) is 11.1 Å². The molecule has 0 amide bonds. The lowest BCUT2D eigenvalue weighted by Gasteiger charge is -2.11. The van der Waals surface area contributed by atoms with Gasteiger partial charge in [0.25, 0.3) is 0 Å². The Kier molecular flexibility index (Phi) is 9.03. The molecule has 2 aromatic heterocycles. The highest BCUT2D eigenvalue weighted by atomic mass is 16.3. The summed E-state index contributed by atoms with van der Waals surface area (Å²) in [6, 6.07) is 71.2. The number of fused-ring (bicyclic) bond motifs is 4. The van der Waals surface area contributed by atoms with Crippen LogP contribution in [0.25, 0.3) is 111 Å². The third-order valence-corrected chi connectivity index (χ3v) is 11.6. The van der Waals surface area contributed by atoms with Crippen LogP contribution in [0.5, 0.6) is 0 Å². The van der Waals surface area contributed by atoms with Gasteiger partial charge in [-0.25, -0.2) is 15.0 Å². The summed E-state index contributed by atoms with van der Waals surface area (Å²) < 4.78 is 6.58. The van der Waals surface area contributed by atoms with E-state index in [0.29, 0.717) is 23.0 Å². The summed E-state index contributed by atoms with van der Waals surface area (Å²) in [6.45, 7) is 2.11. The second-order valence-corrected chi connectivity index (χ2v) is 15.7. The number of hydrogen-bond donors (Lipinski definition) is 0. The number of nitrogens with zero attached hydrogens (tertiary/aromatic N) is 4. The second-order valence-electron chi connectivity index (χ2n) is 15.7. The molecule has 0 radical (unpaired) electrons. The lowest BCUT2D eigenvalue weighted by Crippen LogP contribution is -2.00. The largest absolute Gasteiger partial charge is 0.456 e. The summed E-state index contributed by atoms with van der Waals surface area (Å²) in [4.78, 5) is 15.3. The van der Waals surface area contributed by atoms with Crippen molar-refractivity contribution in [1.29, 1.82) is 5.26 Å². The van der Waals surface area contributed by atoms with Crippen molar-refractivity contribution in [2.75, 3.05) is 0 Å². The molecule has 5 nitrogen and oxygen atoms in total. The summed E-state index contributed by atoms with van der Waals surface area (Å²) in [5.41, 5.74) is 14.8. The van der Waals surface area contributed by atoms with Gasteiger partial charge in [-0.05, 0) is 105 Å². The van der Waals surface area contributed by atoms with Gasteiger partial charge in [-0.2, -0.15) is 5.26 Å². The van der Waals surface area contributed by atoms with Gasteiger partial charge in [0, 0.05) is 27.5 Å². The van der Waals surface area contributed by atoms with E-state index in [1.807, 2.05) is 60.7 Å². The van der Waals surface area contributed by atoms with Crippen LogP contribution in [-0.4, -0.2) is 15.0 Å². The van der Waals surface area contributed by atoms with Crippen molar-refractivity contribution >= 4 is 32.7 Å². The molecule has 0 spiro atoms. The molecule has 0 atom stereocenters. The molecule has 62 heavy (non-hydrogen) atoms. The van der Waals surface area contributed by atoms with Crippen LogP contribution < -0.4 is 0 Å². The van der Waals surface area contributed by atoms with Crippen molar-refractivity contribution in [3.05, 3.63) is 211 Å². The van der Waals surface area contributed by atoms with Crippen LogP contribution in [0.2, 0.25) is 0 Å². The SMILES string of the molecule is Cc1ccc(-c2ccc(-c3cccc(-c4nc(-c5ccc(-c6cccc(C#N)c6)cc5)nc(-c5ccc6c(c5)oc5cccc(-c7ccc8ccccc8c7)c56)n4)c3)cc2)cc1. The van der Waals surface area contributed by atoms with E-state index >= 15 is 0 Å². The van der Waals surface area contributed by atoms with Crippen LogP contribution in [0.3, 0.4) is 0 Å². The fourth-order valence-corrected chi connectivity index (χ4v) is 8.34. The van der Waals surface area contributed by atoms with Gasteiger partial charge in [0.1, 0.15) is 11.2 Å². The lowest BCUT2D eigenvalue weighted by atomic mass is 9.97. The maximum absolute atomic E-state index is 9.49. The fourth-order valence-electron chi connectivity index (χ4n) is 8.34. The second kappa shape index (κ2) is 15.3. The highest BCUT2D eigenvalue weighted by Gasteiger charge is 2.18. The molecule has 5 heteroatoms. The van der Waals surface area contributed by atoms with Crippen molar-refractivity contribution < 1.29 is 4.42 Å². The number of aryl methyl sites for hydroxylation is 1. The van der Waals surface area contributed by atoms with Crippen molar-refractivity contribution in [2.45, 2.75) is 6.92 Å². The maximum Gasteiger partial charge on any atom is 0.164 e. The van der Waals surface area contributed by atoms with Crippen LogP contribution in [-0.2, 0) is 0 Å². The predicted octanol–water partition coefficient (Wildman–Crippen LogP) is 14.8. The van der Waals surface area contributed by atoms with Gasteiger partial charge in [0.05, 0.1) is 11.6 Å². The summed E-state index contributed by atoms with van der Waals surface area (Å²) >= 11 is 0. The number of rotatable bonds is 7. The highest BCUT2D eigenvalue weighted by molar-refractivity contribution is 6.13. The van der Waals surface area contributed by atoms with Crippen LogP contribution in [0.4, 0.5) is 0 Å². The zero-order valence-electron chi connectivity index (χ0n) is 33.7. The Morgan fingerprint density at radius 2 is 0.919 bits per heavy atom. The topological polar surface area (TPSA) is 75.6 Å². The Balaban J connectivity index is 1.01. The number of nitriles is 1. The Morgan fingerprint density at radius 3 is 1.63 bits per heavy atom. The van der Waals surface area contributed by atoms with Gasteiger partial charge < -0.3 is 4.42 Å². The van der Waals surface area contributed by atoms with Crippen molar-refractivity contribution in [3.63, 3.8) is 0 Å². The molecule has 0 aliphatic carbocycles. The Morgan fingerprint density at radius 1 is 0.387 bits per heavy atom. The number of furan rings is 1. The molecule has 11 rings (SSSR count). The summed E-state index contributed by atoms with van der Waals surface area (Å²) in [7, 11) is 0. The number of aromatic nitrogens is 3. The Labute approximate surface area is 358 Å². The molecule has 9 aromatic carbocycles. The van der Waals surface area contributed by atoms with Crippen molar-refractivity contribution in [3.8, 4) is 84.7 Å². The average molecular weight is 793 g/mol. The van der Waals surface area contributed by atoms with Gasteiger partial charge in [-0.3, -0.25) is 0 Å².